The molecule has 2 rings (SSSR count). The number of hydrogen-bond acceptors (Lipinski definition) is 4. The molecule has 1 fully saturated rings. The van der Waals surface area contributed by atoms with Gasteiger partial charge < -0.3 is 14.7 Å². The SMILES string of the molecule is CC.CC(C)(C)OC(=O)N1CCN(C[C@@H](O)c2ccccc2)CC1. The van der Waals surface area contributed by atoms with Gasteiger partial charge in [-0.2, -0.15) is 0 Å². The minimum Gasteiger partial charge on any atom is -0.444 e. The molecule has 1 aromatic rings. The molecule has 136 valence electrons. The van der Waals surface area contributed by atoms with E-state index in [1.54, 1.807) is 4.90 Å². The summed E-state index contributed by atoms with van der Waals surface area (Å²) in [7, 11) is 0. The highest BCUT2D eigenvalue weighted by Crippen LogP contribution is 2.16. The summed E-state index contributed by atoms with van der Waals surface area (Å²) in [5, 5.41) is 10.3. The average Bonchev–Trinajstić information content (AvgIpc) is 2.56. The molecule has 24 heavy (non-hydrogen) atoms. The number of carbonyl (C=O) groups is 1. The molecule has 1 amide bonds. The van der Waals surface area contributed by atoms with Crippen LogP contribution in [0.25, 0.3) is 0 Å². The van der Waals surface area contributed by atoms with E-state index in [9.17, 15) is 9.90 Å². The van der Waals surface area contributed by atoms with E-state index in [0.29, 0.717) is 19.6 Å². The van der Waals surface area contributed by atoms with E-state index < -0.39 is 11.7 Å². The Balaban J connectivity index is 0.00000139. The first-order valence-corrected chi connectivity index (χ1v) is 8.78. The molecule has 5 nitrogen and oxygen atoms in total. The van der Waals surface area contributed by atoms with Crippen molar-refractivity contribution >= 4 is 6.09 Å². The maximum Gasteiger partial charge on any atom is 0.410 e. The van der Waals surface area contributed by atoms with Gasteiger partial charge in [-0.3, -0.25) is 4.90 Å². The van der Waals surface area contributed by atoms with Gasteiger partial charge in [-0.05, 0) is 26.3 Å². The highest BCUT2D eigenvalue weighted by Gasteiger charge is 2.26. The van der Waals surface area contributed by atoms with Gasteiger partial charge in [0, 0.05) is 32.7 Å². The van der Waals surface area contributed by atoms with E-state index in [0.717, 1.165) is 18.7 Å². The Kier molecular flexibility index (Phi) is 8.22. The van der Waals surface area contributed by atoms with Crippen LogP contribution in [-0.4, -0.2) is 59.3 Å². The number of benzene rings is 1. The van der Waals surface area contributed by atoms with Crippen LogP contribution in [0.15, 0.2) is 30.3 Å². The lowest BCUT2D eigenvalue weighted by molar-refractivity contribution is 0.0101. The zero-order chi connectivity index (χ0) is 18.2. The van der Waals surface area contributed by atoms with Crippen molar-refractivity contribution in [1.82, 2.24) is 9.80 Å². The van der Waals surface area contributed by atoms with E-state index in [-0.39, 0.29) is 6.09 Å². The van der Waals surface area contributed by atoms with E-state index in [1.165, 1.54) is 0 Å². The van der Waals surface area contributed by atoms with Crippen molar-refractivity contribution in [1.29, 1.82) is 0 Å². The Hall–Kier alpha value is -1.59. The molecule has 1 aromatic carbocycles. The lowest BCUT2D eigenvalue weighted by atomic mass is 10.1. The number of amides is 1. The fourth-order valence-electron chi connectivity index (χ4n) is 2.46. The fraction of sp³-hybridized carbons (Fsp3) is 0.632. The summed E-state index contributed by atoms with van der Waals surface area (Å²) in [6.45, 7) is 13.0. The minimum atomic E-state index is -0.491. The number of carbonyl (C=O) groups excluding carboxylic acids is 1. The molecule has 0 unspecified atom stereocenters. The first kappa shape index (κ1) is 20.5. The highest BCUT2D eigenvalue weighted by molar-refractivity contribution is 5.68. The van der Waals surface area contributed by atoms with Crippen molar-refractivity contribution in [3.8, 4) is 0 Å². The van der Waals surface area contributed by atoms with Gasteiger partial charge in [0.2, 0.25) is 0 Å². The van der Waals surface area contributed by atoms with Crippen molar-refractivity contribution in [2.45, 2.75) is 46.3 Å². The summed E-state index contributed by atoms with van der Waals surface area (Å²) in [4.78, 5) is 15.9. The largest absolute Gasteiger partial charge is 0.444 e. The second kappa shape index (κ2) is 9.64. The second-order valence-electron chi connectivity index (χ2n) is 6.69. The van der Waals surface area contributed by atoms with Crippen molar-refractivity contribution < 1.29 is 14.6 Å². The van der Waals surface area contributed by atoms with Gasteiger partial charge in [-0.25, -0.2) is 4.79 Å². The molecule has 1 atom stereocenters. The number of rotatable bonds is 3. The lowest BCUT2D eigenvalue weighted by Crippen LogP contribution is -2.50. The maximum absolute atomic E-state index is 12.0. The van der Waals surface area contributed by atoms with Crippen LogP contribution >= 0.6 is 0 Å². The van der Waals surface area contributed by atoms with E-state index in [4.69, 9.17) is 4.74 Å². The summed E-state index contributed by atoms with van der Waals surface area (Å²) in [6, 6.07) is 9.66. The normalized spacial score (nSPS) is 16.8. The fourth-order valence-corrected chi connectivity index (χ4v) is 2.46. The van der Waals surface area contributed by atoms with Gasteiger partial charge in [0.05, 0.1) is 6.10 Å². The highest BCUT2D eigenvalue weighted by atomic mass is 16.6. The third kappa shape index (κ3) is 6.89. The maximum atomic E-state index is 12.0. The second-order valence-corrected chi connectivity index (χ2v) is 6.69. The van der Waals surface area contributed by atoms with Crippen molar-refractivity contribution in [2.24, 2.45) is 0 Å². The number of hydrogen-bond donors (Lipinski definition) is 1. The van der Waals surface area contributed by atoms with Crippen molar-refractivity contribution in [3.63, 3.8) is 0 Å². The van der Waals surface area contributed by atoms with Crippen LogP contribution in [0.1, 0.15) is 46.3 Å². The Morgan fingerprint density at radius 2 is 1.67 bits per heavy atom. The minimum absolute atomic E-state index is 0.254. The van der Waals surface area contributed by atoms with Gasteiger partial charge in [0.1, 0.15) is 5.60 Å². The molecule has 0 aromatic heterocycles. The number of aliphatic hydroxyl groups excluding tert-OH is 1. The zero-order valence-corrected chi connectivity index (χ0v) is 15.7. The molecule has 1 aliphatic heterocycles. The molecule has 0 aliphatic carbocycles. The van der Waals surface area contributed by atoms with E-state index >= 15 is 0 Å². The smallest absolute Gasteiger partial charge is 0.410 e. The molecule has 5 heteroatoms. The molecule has 1 N–H and O–H groups in total. The van der Waals surface area contributed by atoms with Crippen LogP contribution in [-0.2, 0) is 4.74 Å². The molecule has 1 saturated heterocycles. The number of β-amino-alcohol motifs (C(OH)–C–C–N with tert-alkyl or cyclic N) is 1. The van der Waals surface area contributed by atoms with Crippen LogP contribution in [0.3, 0.4) is 0 Å². The Morgan fingerprint density at radius 1 is 1.12 bits per heavy atom. The summed E-state index contributed by atoms with van der Waals surface area (Å²) in [5.41, 5.74) is 0.467. The standard InChI is InChI=1S/C17H26N2O3.C2H6/c1-17(2,3)22-16(21)19-11-9-18(10-12-19)13-15(20)14-7-5-4-6-8-14;1-2/h4-8,15,20H,9-13H2,1-3H3;1-2H3/t15-;/m1./s1. The number of nitrogens with zero attached hydrogens (tertiary/aromatic N) is 2. The Labute approximate surface area is 146 Å². The van der Waals surface area contributed by atoms with Crippen LogP contribution in [0, 0.1) is 0 Å². The van der Waals surface area contributed by atoms with Crippen LogP contribution < -0.4 is 0 Å². The molecule has 0 bridgehead atoms. The Bertz CT molecular complexity index is 477. The molecule has 0 saturated carbocycles. The van der Waals surface area contributed by atoms with Crippen molar-refractivity contribution in [2.75, 3.05) is 32.7 Å². The molecule has 0 spiro atoms. The van der Waals surface area contributed by atoms with E-state index in [1.807, 2.05) is 65.0 Å². The number of aliphatic hydroxyl groups is 1. The topological polar surface area (TPSA) is 53.0 Å². The van der Waals surface area contributed by atoms with Gasteiger partial charge in [0.15, 0.2) is 0 Å². The third-order valence-electron chi connectivity index (χ3n) is 3.64. The zero-order valence-electron chi connectivity index (χ0n) is 15.7. The van der Waals surface area contributed by atoms with Gasteiger partial charge in [0.25, 0.3) is 0 Å². The average molecular weight is 336 g/mol. The molecule has 1 aliphatic rings. The van der Waals surface area contributed by atoms with Crippen LogP contribution in [0.4, 0.5) is 4.79 Å². The summed E-state index contributed by atoms with van der Waals surface area (Å²) >= 11 is 0. The first-order chi connectivity index (χ1) is 11.3. The number of piperazine rings is 1. The quantitative estimate of drug-likeness (QED) is 0.920. The van der Waals surface area contributed by atoms with Gasteiger partial charge in [-0.15, -0.1) is 0 Å². The predicted molar refractivity (Wildman–Crippen MR) is 97.0 cm³/mol. The van der Waals surface area contributed by atoms with Crippen molar-refractivity contribution in [3.05, 3.63) is 35.9 Å². The lowest BCUT2D eigenvalue weighted by Gasteiger charge is -2.36. The monoisotopic (exact) mass is 336 g/mol. The van der Waals surface area contributed by atoms with Gasteiger partial charge >= 0.3 is 6.09 Å². The van der Waals surface area contributed by atoms with Gasteiger partial charge in [-0.1, -0.05) is 44.2 Å². The molecular formula is C19H32N2O3. The van der Waals surface area contributed by atoms with Crippen LogP contribution in [0.5, 0.6) is 0 Å². The molecule has 0 radical (unpaired) electrons. The molecular weight excluding hydrogens is 304 g/mol. The van der Waals surface area contributed by atoms with E-state index in [2.05, 4.69) is 4.90 Å². The third-order valence-corrected chi connectivity index (χ3v) is 3.64. The van der Waals surface area contributed by atoms with Crippen LogP contribution in [0.2, 0.25) is 0 Å². The molecule has 1 heterocycles. The first-order valence-electron chi connectivity index (χ1n) is 8.78. The summed E-state index contributed by atoms with van der Waals surface area (Å²) in [6.07, 6.45) is -0.745. The predicted octanol–water partition coefficient (Wildman–Crippen LogP) is 3.30. The summed E-state index contributed by atoms with van der Waals surface area (Å²) in [5.74, 6) is 0. The Morgan fingerprint density at radius 3 is 2.17 bits per heavy atom. The summed E-state index contributed by atoms with van der Waals surface area (Å²) < 4.78 is 5.38. The number of ether oxygens (including phenoxy) is 1.